The zero-order valence-corrected chi connectivity index (χ0v) is 60.5. The van der Waals surface area contributed by atoms with E-state index in [1.54, 1.807) is 71.9 Å². The standard InChI is InChI=1S/C76H97N9O18/c1-39(2)61(80-55(88)21-14-13-15-31-84-56(89)26-27-57(84)90)51(86)34-47(20-17-30-78-75(77)99)74(98)79-48-24-22-46(23-25-48)38-85(10,11)50-28-32-83(37-50)49-35-52(87)62-54(36-49)102-71-63(81-62)58-59-68(94)45(8)70-60(58)72(96)76(9,103-70)101-33-29-53(100-12)42(5)66(92)44(7)67(93)43(6)65(91)40(3)18-16-19-41(4)73(97)82-64(71)69(59)95/h16,18-19,22-27,29,33,35-36,39-40,42-44,47,50,53,61,65-67,91-93H,13-15,17,20-21,28,30-32,34,37-38H2,1-12H3,(H7-,77,78,79,80,81,82,87,88,89,90,94,95,96,97,98,99)/p+1/b18-16+,33-29+,41-19-/t40-,42+,43+,44-,47+,50+,53-,61-,65-,66+,67+,76-/m0/s1. The van der Waals surface area contributed by atoms with Gasteiger partial charge in [0.15, 0.2) is 28.2 Å². The van der Waals surface area contributed by atoms with Gasteiger partial charge in [-0.05, 0) is 63.7 Å². The lowest BCUT2D eigenvalue weighted by Gasteiger charge is -2.36. The maximum atomic E-state index is 15.2. The number of phenolic OH excluding ortho intramolecular Hbond substituents is 1. The highest BCUT2D eigenvalue weighted by Gasteiger charge is 2.45. The van der Waals surface area contributed by atoms with E-state index in [1.807, 2.05) is 17.0 Å². The Morgan fingerprint density at radius 2 is 1.55 bits per heavy atom. The number of primary amides is 1. The molecular formula is C76H98N9O18+. The van der Waals surface area contributed by atoms with Crippen LogP contribution in [0.25, 0.3) is 38.7 Å². The first-order chi connectivity index (χ1) is 48.7. The summed E-state index contributed by atoms with van der Waals surface area (Å²) in [6.07, 6.45) is 8.38. The maximum Gasteiger partial charge on any atom is 0.312 e. The quantitative estimate of drug-likeness (QED) is 0.0117. The van der Waals surface area contributed by atoms with Gasteiger partial charge in [-0.15, -0.1) is 0 Å². The molecule has 27 heteroatoms. The van der Waals surface area contributed by atoms with Gasteiger partial charge in [0, 0.05) is 140 Å². The molecule has 1 saturated heterocycles. The van der Waals surface area contributed by atoms with Crippen LogP contribution in [0.5, 0.6) is 11.5 Å². The van der Waals surface area contributed by atoms with Crippen molar-refractivity contribution < 1.29 is 82.2 Å². The van der Waals surface area contributed by atoms with Gasteiger partial charge in [0.1, 0.15) is 35.3 Å². The SMILES string of the molecule is CO[C@H]1/C=C/O[C@@]2(C)Oc3c(C)c(O)c4c(=O)c(c5oc6cc(N7CC[C@@H]([N+](C)(C)Cc8ccc(NC(=O)[C@H](CCCNC(N)=O)CC(=O)[C@@H](NC(=O)CCCCCN9C(=O)C=CC9=O)C(C)C)cc8)C7)cc(=O)c6nc5c4c3=C2O)NC(=O)/C(C)=C\C=C\[C@H](C)[C@H](O)[C@@H](C)[C@@H](O)[C@@H](C)[C@H](O)[C@@H]1C. The number of Topliss-reactive ketones (excluding diaryl/α,β-unsaturated/α-hetero) is 1. The number of unbranched alkanes of at least 4 members (excludes halogenated alkanes) is 2. The number of fused-ring (bicyclic) bond motifs is 2. The largest absolute Gasteiger partial charge is 0.507 e. The van der Waals surface area contributed by atoms with Crippen molar-refractivity contribution >= 4 is 97.1 Å². The topological polar surface area (TPSA) is 389 Å². The number of hydrogen-bond acceptors (Lipinski definition) is 20. The molecule has 0 unspecified atom stereocenters. The molecule has 9 rings (SSSR count). The number of phenols is 1. The summed E-state index contributed by atoms with van der Waals surface area (Å²) in [6, 6.07) is 8.87. The molecule has 4 bridgehead atoms. The third kappa shape index (κ3) is 17.1. The van der Waals surface area contributed by atoms with Crippen molar-refractivity contribution in [2.45, 2.75) is 163 Å². The minimum Gasteiger partial charge on any atom is -0.507 e. The number of aromatic hydroxyl groups is 1. The van der Waals surface area contributed by atoms with E-state index in [-0.39, 0.29) is 123 Å². The van der Waals surface area contributed by atoms with E-state index >= 15 is 4.79 Å². The minimum atomic E-state index is -2.03. The molecule has 1 fully saturated rings. The molecule has 103 heavy (non-hydrogen) atoms. The Kier molecular flexibility index (Phi) is 24.4. The predicted octanol–water partition coefficient (Wildman–Crippen LogP) is 6.43. The van der Waals surface area contributed by atoms with Gasteiger partial charge in [-0.2, -0.15) is 0 Å². The third-order valence-electron chi connectivity index (χ3n) is 20.8. The van der Waals surface area contributed by atoms with E-state index in [0.717, 1.165) is 10.5 Å². The minimum absolute atomic E-state index is 0.0201. The van der Waals surface area contributed by atoms with Gasteiger partial charge in [0.2, 0.25) is 22.7 Å². The van der Waals surface area contributed by atoms with Gasteiger partial charge >= 0.3 is 11.8 Å². The zero-order valence-electron chi connectivity index (χ0n) is 60.5. The second-order valence-electron chi connectivity index (χ2n) is 29.0. The molecule has 5 heterocycles. The van der Waals surface area contributed by atoms with Crippen LogP contribution >= 0.6 is 0 Å². The summed E-state index contributed by atoms with van der Waals surface area (Å²) in [4.78, 5) is 129. The number of ketones is 1. The fourth-order valence-electron chi connectivity index (χ4n) is 14.3. The van der Waals surface area contributed by atoms with E-state index in [2.05, 4.69) is 35.4 Å². The Labute approximate surface area is 597 Å². The number of nitrogens with two attached hydrogens (primary N) is 1. The highest BCUT2D eigenvalue weighted by molar-refractivity contribution is 6.17. The van der Waals surface area contributed by atoms with E-state index in [1.165, 1.54) is 64.5 Å². The van der Waals surface area contributed by atoms with Crippen molar-refractivity contribution in [3.8, 4) is 11.5 Å². The van der Waals surface area contributed by atoms with Gasteiger partial charge in [-0.25, -0.2) is 9.78 Å². The number of rotatable bonds is 22. The number of methoxy groups -OCH3 is 1. The number of carbonyl (C=O) groups is 7. The van der Waals surface area contributed by atoms with Crippen LogP contribution in [0.15, 0.2) is 98.7 Å². The first-order valence-corrected chi connectivity index (χ1v) is 35.2. The van der Waals surface area contributed by atoms with Crippen molar-refractivity contribution in [2.75, 3.05) is 62.9 Å². The van der Waals surface area contributed by atoms with Crippen LogP contribution in [0, 0.1) is 42.4 Å². The number of nitrogens with zero attached hydrogens (tertiary/aromatic N) is 4. The number of anilines is 3. The molecule has 554 valence electrons. The molecule has 27 nitrogen and oxygen atoms in total. The Hall–Kier alpha value is -9.54. The number of urea groups is 1. The summed E-state index contributed by atoms with van der Waals surface area (Å²) in [5.74, 6) is -9.63. The average Bonchev–Trinajstić information content (AvgIpc) is 1.66. The lowest BCUT2D eigenvalue weighted by molar-refractivity contribution is -0.925. The highest BCUT2D eigenvalue weighted by atomic mass is 16.7. The van der Waals surface area contributed by atoms with E-state index in [4.69, 9.17) is 29.3 Å². The van der Waals surface area contributed by atoms with Crippen LogP contribution in [0.3, 0.4) is 0 Å². The molecule has 12 atom stereocenters. The Bertz CT molecular complexity index is 4400. The van der Waals surface area contributed by atoms with Gasteiger partial charge < -0.3 is 80.5 Å². The van der Waals surface area contributed by atoms with Crippen LogP contribution < -0.4 is 52.7 Å². The second-order valence-corrected chi connectivity index (χ2v) is 29.0. The van der Waals surface area contributed by atoms with Crippen molar-refractivity contribution in [3.05, 3.63) is 121 Å². The molecule has 11 N–H and O–H groups in total. The van der Waals surface area contributed by atoms with E-state index < -0.39 is 112 Å². The first kappa shape index (κ1) is 77.6. The van der Waals surface area contributed by atoms with Gasteiger partial charge in [-0.3, -0.25) is 43.3 Å². The van der Waals surface area contributed by atoms with Crippen LogP contribution in [-0.4, -0.2) is 171 Å². The normalized spacial score (nSPS) is 25.2. The molecule has 4 aliphatic rings. The predicted molar refractivity (Wildman–Crippen MR) is 388 cm³/mol. The number of hydrogen-bond donors (Lipinski definition) is 10. The lowest BCUT2D eigenvalue weighted by atomic mass is 9.78. The number of imide groups is 1. The van der Waals surface area contributed by atoms with Crippen LogP contribution in [-0.2, 0) is 44.8 Å². The Balaban J connectivity index is 0.953. The van der Waals surface area contributed by atoms with Gasteiger partial charge in [-0.1, -0.05) is 78.3 Å². The van der Waals surface area contributed by atoms with Gasteiger partial charge in [0.25, 0.3) is 17.7 Å². The number of amides is 7. The van der Waals surface area contributed by atoms with E-state index in [9.17, 15) is 63.9 Å². The summed E-state index contributed by atoms with van der Waals surface area (Å²) in [6.45, 7) is 16.8. The van der Waals surface area contributed by atoms with Crippen molar-refractivity contribution in [1.29, 1.82) is 0 Å². The van der Waals surface area contributed by atoms with Crippen LogP contribution in [0.1, 0.15) is 118 Å². The third-order valence-corrected chi connectivity index (χ3v) is 20.8. The van der Waals surface area contributed by atoms with Gasteiger partial charge in [0.05, 0.1) is 68.0 Å². The number of allylic oxidation sites excluding steroid dienone is 2. The van der Waals surface area contributed by atoms with Crippen molar-refractivity contribution in [3.63, 3.8) is 0 Å². The van der Waals surface area contributed by atoms with Crippen molar-refractivity contribution in [2.24, 2.45) is 41.2 Å². The number of benzene rings is 4. The van der Waals surface area contributed by atoms with Crippen LogP contribution in [0.4, 0.5) is 21.9 Å². The molecular weight excluding hydrogens is 1330 g/mol. The molecule has 1 aromatic heterocycles. The summed E-state index contributed by atoms with van der Waals surface area (Å²) in [5, 5.41) is 69.3. The number of aromatic nitrogens is 1. The molecule has 4 aliphatic heterocycles. The summed E-state index contributed by atoms with van der Waals surface area (Å²) < 4.78 is 25.4. The number of likely N-dealkylation sites (N-methyl/N-ethyl adjacent to an activating group) is 1. The monoisotopic (exact) mass is 1420 g/mol. The molecule has 5 aromatic rings. The number of quaternary nitrogens is 1. The molecule has 4 aromatic carbocycles. The first-order valence-electron chi connectivity index (χ1n) is 35.2. The molecule has 0 radical (unpaired) electrons. The average molecular weight is 1430 g/mol. The van der Waals surface area contributed by atoms with E-state index in [0.29, 0.717) is 67.6 Å². The zero-order chi connectivity index (χ0) is 75.3. The lowest BCUT2D eigenvalue weighted by Crippen LogP contribution is -2.49. The summed E-state index contributed by atoms with van der Waals surface area (Å²) in [5.41, 5.74) is 4.71. The Morgan fingerprint density at radius 1 is 0.874 bits per heavy atom. The Morgan fingerprint density at radius 3 is 2.22 bits per heavy atom. The second kappa shape index (κ2) is 32.4. The molecule has 0 saturated carbocycles. The smallest absolute Gasteiger partial charge is 0.312 e. The summed E-state index contributed by atoms with van der Waals surface area (Å²) >= 11 is 0. The number of carbonyl (C=O) groups excluding carboxylic acids is 7. The number of ether oxygens (including phenoxy) is 3. The number of aliphatic hydroxyl groups is 4. The fourth-order valence-corrected chi connectivity index (χ4v) is 14.3. The van der Waals surface area contributed by atoms with Crippen molar-refractivity contribution in [1.82, 2.24) is 20.5 Å². The fraction of sp³-hybridized carbons (Fsp3) is 0.500. The molecule has 0 spiro atoms. The molecule has 0 aliphatic carbocycles. The summed E-state index contributed by atoms with van der Waals surface area (Å²) in [7, 11) is 5.62. The number of aliphatic hydroxyl groups excluding tert-OH is 4. The molecule has 7 amide bonds. The maximum absolute atomic E-state index is 15.2. The highest BCUT2D eigenvalue weighted by Crippen LogP contribution is 2.43. The number of nitrogens with one attached hydrogen (secondary N) is 4. The van der Waals surface area contributed by atoms with Crippen LogP contribution in [0.2, 0.25) is 0 Å².